The maximum absolute atomic E-state index is 12.8. The monoisotopic (exact) mass is 332 g/mol. The molecule has 2 rings (SSSR count). The molecule has 1 aromatic rings. The van der Waals surface area contributed by atoms with Gasteiger partial charge in [0.25, 0.3) is 0 Å². The van der Waals surface area contributed by atoms with Crippen molar-refractivity contribution in [1.29, 1.82) is 0 Å². The van der Waals surface area contributed by atoms with Crippen LogP contribution in [0.3, 0.4) is 0 Å². The molecular weight excluding hydrogens is 308 g/mol. The quantitative estimate of drug-likeness (QED) is 0.864. The van der Waals surface area contributed by atoms with Gasteiger partial charge in [-0.25, -0.2) is 4.79 Å². The number of nitrogens with one attached hydrogen (secondary N) is 1. The molecule has 1 N–H and O–H groups in total. The van der Waals surface area contributed by atoms with E-state index in [-0.39, 0.29) is 5.91 Å². The molecule has 0 aliphatic carbocycles. The number of hydrogen-bond donors (Lipinski definition) is 1. The van der Waals surface area contributed by atoms with Crippen LogP contribution in [0, 0.1) is 0 Å². The summed E-state index contributed by atoms with van der Waals surface area (Å²) in [6, 6.07) is 6.39. The third kappa shape index (κ3) is 4.28. The first-order valence-corrected chi connectivity index (χ1v) is 7.91. The van der Waals surface area contributed by atoms with E-state index in [1.165, 1.54) is 12.0 Å². The molecule has 1 atom stereocenters. The summed E-state index contributed by atoms with van der Waals surface area (Å²) in [6.07, 6.45) is 3.58. The van der Waals surface area contributed by atoms with Crippen LogP contribution in [0.25, 0.3) is 0 Å². The van der Waals surface area contributed by atoms with Crippen molar-refractivity contribution in [3.8, 4) is 5.75 Å². The Balaban J connectivity index is 2.46. The number of methoxy groups -OCH3 is 1. The van der Waals surface area contributed by atoms with E-state index in [0.29, 0.717) is 24.4 Å². The topological polar surface area (TPSA) is 67.9 Å². The molecule has 1 aromatic carbocycles. The average molecular weight is 332 g/mol. The van der Waals surface area contributed by atoms with Crippen molar-refractivity contribution in [2.24, 2.45) is 0 Å². The number of hydrogen-bond acceptors (Lipinski definition) is 4. The maximum Gasteiger partial charge on any atom is 0.415 e. The highest BCUT2D eigenvalue weighted by Gasteiger charge is 2.35. The minimum absolute atomic E-state index is 0.225. The fourth-order valence-corrected chi connectivity index (χ4v) is 2.45. The Bertz CT molecular complexity index is 634. The van der Waals surface area contributed by atoms with Gasteiger partial charge in [-0.15, -0.1) is 0 Å². The Morgan fingerprint density at radius 2 is 1.96 bits per heavy atom. The van der Waals surface area contributed by atoms with Gasteiger partial charge < -0.3 is 14.8 Å². The molecule has 24 heavy (non-hydrogen) atoms. The molecule has 0 saturated carbocycles. The highest BCUT2D eigenvalue weighted by molar-refractivity contribution is 5.99. The van der Waals surface area contributed by atoms with Crippen molar-refractivity contribution in [2.75, 3.05) is 18.6 Å². The van der Waals surface area contributed by atoms with Gasteiger partial charge in [-0.1, -0.05) is 24.3 Å². The predicted octanol–water partition coefficient (Wildman–Crippen LogP) is 2.88. The smallest absolute Gasteiger partial charge is 0.415 e. The molecule has 0 radical (unpaired) electrons. The van der Waals surface area contributed by atoms with E-state index in [1.54, 1.807) is 39.0 Å². The van der Waals surface area contributed by atoms with E-state index in [2.05, 4.69) is 5.32 Å². The number of anilines is 1. The second-order valence-corrected chi connectivity index (χ2v) is 6.49. The summed E-state index contributed by atoms with van der Waals surface area (Å²) in [6.45, 7) is 5.82. The van der Waals surface area contributed by atoms with Crippen LogP contribution in [0.1, 0.15) is 27.2 Å². The lowest BCUT2D eigenvalue weighted by Gasteiger charge is -2.32. The zero-order valence-electron chi connectivity index (χ0n) is 14.5. The molecule has 130 valence electrons. The van der Waals surface area contributed by atoms with E-state index in [0.717, 1.165) is 0 Å². The molecule has 0 saturated heterocycles. The van der Waals surface area contributed by atoms with E-state index in [1.807, 2.05) is 18.2 Å². The molecular formula is C18H24N2O4. The van der Waals surface area contributed by atoms with E-state index in [4.69, 9.17) is 9.47 Å². The van der Waals surface area contributed by atoms with Crippen molar-refractivity contribution in [3.05, 3.63) is 36.4 Å². The Morgan fingerprint density at radius 1 is 1.25 bits per heavy atom. The minimum Gasteiger partial charge on any atom is -0.495 e. The number of amides is 2. The van der Waals surface area contributed by atoms with Gasteiger partial charge in [-0.05, 0) is 39.3 Å². The number of nitrogens with zero attached hydrogens (tertiary/aromatic N) is 1. The normalized spacial score (nSPS) is 17.7. The summed E-state index contributed by atoms with van der Waals surface area (Å²) in [4.78, 5) is 26.7. The van der Waals surface area contributed by atoms with Gasteiger partial charge >= 0.3 is 6.09 Å². The van der Waals surface area contributed by atoms with Gasteiger partial charge in [0.1, 0.15) is 17.4 Å². The Kier molecular flexibility index (Phi) is 5.49. The Morgan fingerprint density at radius 3 is 2.62 bits per heavy atom. The van der Waals surface area contributed by atoms with Gasteiger partial charge in [-0.3, -0.25) is 9.69 Å². The number of para-hydroxylation sites is 2. The van der Waals surface area contributed by atoms with Crippen molar-refractivity contribution in [3.63, 3.8) is 0 Å². The lowest BCUT2D eigenvalue weighted by atomic mass is 10.1. The highest BCUT2D eigenvalue weighted by Crippen LogP contribution is 2.32. The molecule has 2 amide bonds. The highest BCUT2D eigenvalue weighted by atomic mass is 16.6. The summed E-state index contributed by atoms with van der Waals surface area (Å²) < 4.78 is 10.9. The standard InChI is InChI=1S/C18H24N2O4/c1-18(2,3)24-17(22)20(13-9-5-6-11-15(13)23-4)14-10-7-8-12-19-16(14)21/h5-9,11,14H,10,12H2,1-4H3,(H,19,21)/t14-/m0/s1. The minimum atomic E-state index is -0.699. The molecule has 1 heterocycles. The van der Waals surface area contributed by atoms with Crippen molar-refractivity contribution in [2.45, 2.75) is 38.8 Å². The molecule has 0 aromatic heterocycles. The lowest BCUT2D eigenvalue weighted by molar-refractivity contribution is -0.122. The van der Waals surface area contributed by atoms with Crippen LogP contribution in [0.4, 0.5) is 10.5 Å². The number of ether oxygens (including phenoxy) is 2. The fraction of sp³-hybridized carbons (Fsp3) is 0.444. The van der Waals surface area contributed by atoms with Crippen LogP contribution in [-0.2, 0) is 9.53 Å². The molecule has 0 unspecified atom stereocenters. The van der Waals surface area contributed by atoms with Crippen molar-refractivity contribution < 1.29 is 19.1 Å². The average Bonchev–Trinajstić information content (AvgIpc) is 2.71. The van der Waals surface area contributed by atoms with Gasteiger partial charge in [0.15, 0.2) is 0 Å². The fourth-order valence-electron chi connectivity index (χ4n) is 2.45. The number of carbonyl (C=O) groups is 2. The second-order valence-electron chi connectivity index (χ2n) is 6.49. The van der Waals surface area contributed by atoms with Gasteiger partial charge in [0, 0.05) is 6.54 Å². The van der Waals surface area contributed by atoms with Crippen LogP contribution < -0.4 is 15.0 Å². The van der Waals surface area contributed by atoms with E-state index < -0.39 is 17.7 Å². The zero-order chi connectivity index (χ0) is 17.7. The van der Waals surface area contributed by atoms with Crippen LogP contribution in [-0.4, -0.2) is 37.3 Å². The first-order valence-electron chi connectivity index (χ1n) is 7.91. The van der Waals surface area contributed by atoms with Crippen LogP contribution in [0.2, 0.25) is 0 Å². The van der Waals surface area contributed by atoms with Crippen molar-refractivity contribution >= 4 is 17.7 Å². The third-order valence-electron chi connectivity index (χ3n) is 3.47. The van der Waals surface area contributed by atoms with Gasteiger partial charge in [0.05, 0.1) is 12.8 Å². The van der Waals surface area contributed by atoms with Crippen LogP contribution >= 0.6 is 0 Å². The molecule has 0 fully saturated rings. The molecule has 0 spiro atoms. The first-order chi connectivity index (χ1) is 11.3. The SMILES string of the molecule is COc1ccccc1N(C(=O)OC(C)(C)C)[C@H]1CC=CCNC1=O. The van der Waals surface area contributed by atoms with Crippen LogP contribution in [0.15, 0.2) is 36.4 Å². The maximum atomic E-state index is 12.8. The number of benzene rings is 1. The summed E-state index contributed by atoms with van der Waals surface area (Å²) in [7, 11) is 1.53. The van der Waals surface area contributed by atoms with Gasteiger partial charge in [-0.2, -0.15) is 0 Å². The Labute approximate surface area is 142 Å². The van der Waals surface area contributed by atoms with Gasteiger partial charge in [0.2, 0.25) is 5.91 Å². The number of rotatable bonds is 3. The molecule has 1 aliphatic rings. The number of carbonyl (C=O) groups excluding carboxylic acids is 2. The summed E-state index contributed by atoms with van der Waals surface area (Å²) in [5.74, 6) is 0.279. The lowest BCUT2D eigenvalue weighted by Crippen LogP contribution is -2.50. The molecule has 0 bridgehead atoms. The Hall–Kier alpha value is -2.50. The first kappa shape index (κ1) is 17.8. The van der Waals surface area contributed by atoms with Crippen LogP contribution in [0.5, 0.6) is 5.75 Å². The van der Waals surface area contributed by atoms with E-state index >= 15 is 0 Å². The second kappa shape index (κ2) is 7.38. The van der Waals surface area contributed by atoms with E-state index in [9.17, 15) is 9.59 Å². The largest absolute Gasteiger partial charge is 0.495 e. The molecule has 6 heteroatoms. The predicted molar refractivity (Wildman–Crippen MR) is 92.3 cm³/mol. The summed E-state index contributed by atoms with van der Waals surface area (Å²) in [5, 5.41) is 2.78. The summed E-state index contributed by atoms with van der Waals surface area (Å²) in [5.41, 5.74) is -0.168. The third-order valence-corrected chi connectivity index (χ3v) is 3.47. The summed E-state index contributed by atoms with van der Waals surface area (Å²) >= 11 is 0. The van der Waals surface area contributed by atoms with Crippen molar-refractivity contribution in [1.82, 2.24) is 5.32 Å². The molecule has 6 nitrogen and oxygen atoms in total. The molecule has 1 aliphatic heterocycles. The zero-order valence-corrected chi connectivity index (χ0v) is 14.5.